The molecule has 1 aliphatic rings. The first kappa shape index (κ1) is 17.0. The van der Waals surface area contributed by atoms with Gasteiger partial charge in [0.25, 0.3) is 0 Å². The number of nitrogens with zero attached hydrogens (tertiary/aromatic N) is 1. The highest BCUT2D eigenvalue weighted by Gasteiger charge is 2.29. The van der Waals surface area contributed by atoms with Gasteiger partial charge in [-0.05, 0) is 49.6 Å². The number of rotatable bonds is 5. The lowest BCUT2D eigenvalue weighted by molar-refractivity contribution is 0.411. The van der Waals surface area contributed by atoms with Crippen LogP contribution in [0.3, 0.4) is 0 Å². The van der Waals surface area contributed by atoms with Crippen LogP contribution in [0.2, 0.25) is 0 Å². The van der Waals surface area contributed by atoms with Gasteiger partial charge in [-0.1, -0.05) is 12.1 Å². The second-order valence-electron chi connectivity index (χ2n) is 5.99. The van der Waals surface area contributed by atoms with Crippen molar-refractivity contribution in [3.63, 3.8) is 0 Å². The molecule has 1 fully saturated rings. The number of aryl methyl sites for hydroxylation is 1. The lowest BCUT2D eigenvalue weighted by Gasteiger charge is -2.24. The van der Waals surface area contributed by atoms with Crippen LogP contribution in [0.1, 0.15) is 30.9 Å². The Morgan fingerprint density at radius 3 is 2.82 bits per heavy atom. The van der Waals surface area contributed by atoms with E-state index in [4.69, 9.17) is 4.74 Å². The van der Waals surface area contributed by atoms with Crippen LogP contribution < -0.4 is 15.4 Å². The molecule has 0 saturated carbocycles. The molecule has 1 aromatic carbocycles. The third kappa shape index (κ3) is 4.57. The van der Waals surface area contributed by atoms with Crippen LogP contribution in [0.4, 0.5) is 0 Å². The molecule has 5 heteroatoms. The third-order valence-electron chi connectivity index (χ3n) is 4.07. The molecule has 0 radical (unpaired) electrons. The number of nitrogens with one attached hydrogen (secondary N) is 2. The Hall–Kier alpha value is -1.36. The Bertz CT molecular complexity index is 525. The fourth-order valence-corrected chi connectivity index (χ4v) is 3.95. The summed E-state index contributed by atoms with van der Waals surface area (Å²) in [6.07, 6.45) is 2.60. The molecular formula is C17H27N3OS. The Morgan fingerprint density at radius 1 is 1.41 bits per heavy atom. The molecule has 122 valence electrons. The molecule has 2 N–H and O–H groups in total. The summed E-state index contributed by atoms with van der Waals surface area (Å²) >= 11 is 2.06. The van der Waals surface area contributed by atoms with Crippen molar-refractivity contribution in [3.8, 4) is 5.75 Å². The third-order valence-corrected chi connectivity index (χ3v) is 5.61. The zero-order valence-corrected chi connectivity index (χ0v) is 14.8. The minimum Gasteiger partial charge on any atom is -0.496 e. The maximum Gasteiger partial charge on any atom is 0.191 e. The quantitative estimate of drug-likeness (QED) is 0.646. The number of guanidine groups is 1. The number of benzene rings is 1. The molecule has 1 aliphatic heterocycles. The van der Waals surface area contributed by atoms with E-state index in [1.165, 1.54) is 24.2 Å². The number of aliphatic imine (C=N–C) groups is 1. The van der Waals surface area contributed by atoms with Crippen molar-refractivity contribution in [2.45, 2.75) is 38.0 Å². The van der Waals surface area contributed by atoms with Crippen molar-refractivity contribution in [2.75, 3.05) is 26.5 Å². The van der Waals surface area contributed by atoms with E-state index in [9.17, 15) is 0 Å². The normalized spacial score (nSPS) is 21.7. The second-order valence-corrected chi connectivity index (χ2v) is 7.67. The molecule has 0 amide bonds. The van der Waals surface area contributed by atoms with Gasteiger partial charge in [0.15, 0.2) is 5.96 Å². The van der Waals surface area contributed by atoms with Gasteiger partial charge in [0.2, 0.25) is 0 Å². The van der Waals surface area contributed by atoms with Gasteiger partial charge in [0.05, 0.1) is 7.11 Å². The van der Waals surface area contributed by atoms with E-state index < -0.39 is 0 Å². The van der Waals surface area contributed by atoms with Crippen molar-refractivity contribution in [2.24, 2.45) is 4.99 Å². The summed E-state index contributed by atoms with van der Waals surface area (Å²) in [5.74, 6) is 3.06. The molecule has 0 bridgehead atoms. The molecule has 2 rings (SSSR count). The Labute approximate surface area is 138 Å². The SMILES string of the molecule is CN=C(NCc1ccc(OC)c(C)c1)NCC1(C)CCCS1. The van der Waals surface area contributed by atoms with E-state index in [1.54, 1.807) is 7.11 Å². The summed E-state index contributed by atoms with van der Waals surface area (Å²) in [6.45, 7) is 6.11. The highest BCUT2D eigenvalue weighted by atomic mass is 32.2. The molecule has 0 spiro atoms. The average Bonchev–Trinajstić information content (AvgIpc) is 2.94. The minimum absolute atomic E-state index is 0.342. The van der Waals surface area contributed by atoms with Gasteiger partial charge in [0, 0.05) is 24.9 Å². The molecular weight excluding hydrogens is 294 g/mol. The van der Waals surface area contributed by atoms with Gasteiger partial charge < -0.3 is 15.4 Å². The van der Waals surface area contributed by atoms with Crippen LogP contribution in [0.15, 0.2) is 23.2 Å². The average molecular weight is 321 g/mol. The van der Waals surface area contributed by atoms with Crippen LogP contribution in [0.25, 0.3) is 0 Å². The molecule has 0 aliphatic carbocycles. The van der Waals surface area contributed by atoms with Gasteiger partial charge in [0.1, 0.15) is 5.75 Å². The standard InChI is InChI=1S/C17H27N3OS/c1-13-10-14(6-7-15(13)21-4)11-19-16(18-3)20-12-17(2)8-5-9-22-17/h6-7,10H,5,8-9,11-12H2,1-4H3,(H2,18,19,20). The van der Waals surface area contributed by atoms with E-state index >= 15 is 0 Å². The Kier molecular flexibility index (Phi) is 6.00. The van der Waals surface area contributed by atoms with Gasteiger partial charge in [-0.15, -0.1) is 0 Å². The zero-order chi connectivity index (χ0) is 16.0. The summed E-state index contributed by atoms with van der Waals surface area (Å²) in [4.78, 5) is 4.31. The highest BCUT2D eigenvalue weighted by Crippen LogP contribution is 2.36. The molecule has 1 aromatic rings. The number of hydrogen-bond acceptors (Lipinski definition) is 3. The smallest absolute Gasteiger partial charge is 0.191 e. The van der Waals surface area contributed by atoms with Crippen molar-refractivity contribution in [3.05, 3.63) is 29.3 Å². The molecule has 4 nitrogen and oxygen atoms in total. The highest BCUT2D eigenvalue weighted by molar-refractivity contribution is 8.00. The first-order valence-electron chi connectivity index (χ1n) is 7.78. The van der Waals surface area contributed by atoms with E-state index in [-0.39, 0.29) is 0 Å². The van der Waals surface area contributed by atoms with E-state index in [2.05, 4.69) is 53.4 Å². The van der Waals surface area contributed by atoms with Crippen molar-refractivity contribution in [1.29, 1.82) is 0 Å². The first-order chi connectivity index (χ1) is 10.6. The van der Waals surface area contributed by atoms with Gasteiger partial charge in [-0.3, -0.25) is 4.99 Å². The number of ether oxygens (including phenoxy) is 1. The molecule has 1 saturated heterocycles. The lowest BCUT2D eigenvalue weighted by atomic mass is 10.1. The van der Waals surface area contributed by atoms with Crippen molar-refractivity contribution < 1.29 is 4.74 Å². The second kappa shape index (κ2) is 7.77. The summed E-state index contributed by atoms with van der Waals surface area (Å²) in [6, 6.07) is 6.24. The van der Waals surface area contributed by atoms with Crippen LogP contribution in [-0.2, 0) is 6.54 Å². The molecule has 1 heterocycles. The predicted octanol–water partition coefficient (Wildman–Crippen LogP) is 2.95. The molecule has 22 heavy (non-hydrogen) atoms. The van der Waals surface area contributed by atoms with E-state index in [0.717, 1.165) is 30.4 Å². The van der Waals surface area contributed by atoms with Gasteiger partial charge in [-0.25, -0.2) is 0 Å². The maximum absolute atomic E-state index is 5.29. The minimum atomic E-state index is 0.342. The number of methoxy groups -OCH3 is 1. The van der Waals surface area contributed by atoms with Gasteiger partial charge in [-0.2, -0.15) is 11.8 Å². The van der Waals surface area contributed by atoms with Crippen molar-refractivity contribution in [1.82, 2.24) is 10.6 Å². The number of hydrogen-bond donors (Lipinski definition) is 2. The predicted molar refractivity (Wildman–Crippen MR) is 96.0 cm³/mol. The summed E-state index contributed by atoms with van der Waals surface area (Å²) in [5.41, 5.74) is 2.38. The first-order valence-corrected chi connectivity index (χ1v) is 8.77. The van der Waals surface area contributed by atoms with E-state index in [0.29, 0.717) is 4.75 Å². The van der Waals surface area contributed by atoms with Crippen LogP contribution in [-0.4, -0.2) is 37.2 Å². The van der Waals surface area contributed by atoms with Crippen molar-refractivity contribution >= 4 is 17.7 Å². The Morgan fingerprint density at radius 2 is 2.23 bits per heavy atom. The summed E-state index contributed by atoms with van der Waals surface area (Å²) in [5, 5.41) is 6.83. The fourth-order valence-electron chi connectivity index (χ4n) is 2.70. The largest absolute Gasteiger partial charge is 0.496 e. The molecule has 0 aromatic heterocycles. The van der Waals surface area contributed by atoms with E-state index in [1.807, 2.05) is 13.1 Å². The molecule has 1 atom stereocenters. The monoisotopic (exact) mass is 321 g/mol. The fraction of sp³-hybridized carbons (Fsp3) is 0.588. The van der Waals surface area contributed by atoms with Crippen LogP contribution >= 0.6 is 11.8 Å². The van der Waals surface area contributed by atoms with Crippen LogP contribution in [0.5, 0.6) is 5.75 Å². The topological polar surface area (TPSA) is 45.7 Å². The van der Waals surface area contributed by atoms with Gasteiger partial charge >= 0.3 is 0 Å². The summed E-state index contributed by atoms with van der Waals surface area (Å²) < 4.78 is 5.64. The number of thioether (sulfide) groups is 1. The summed E-state index contributed by atoms with van der Waals surface area (Å²) in [7, 11) is 3.52. The lowest BCUT2D eigenvalue weighted by Crippen LogP contribution is -2.43. The maximum atomic E-state index is 5.29. The zero-order valence-electron chi connectivity index (χ0n) is 14.0. The molecule has 1 unspecified atom stereocenters. The Balaban J connectivity index is 1.84. The van der Waals surface area contributed by atoms with Crippen LogP contribution in [0, 0.1) is 6.92 Å².